The number of alkyl halides is 3. The second-order valence-electron chi connectivity index (χ2n) is 13.9. The van der Waals surface area contributed by atoms with Gasteiger partial charge in [0, 0.05) is 16.5 Å². The van der Waals surface area contributed by atoms with Gasteiger partial charge in [-0.3, -0.25) is 29.5 Å². The maximum absolute atomic E-state index is 15.2. The number of likely N-dealkylation sites (tertiary alicyclic amines) is 1. The summed E-state index contributed by atoms with van der Waals surface area (Å²) in [6.07, 6.45) is -3.43. The van der Waals surface area contributed by atoms with Crippen LogP contribution in [-0.4, -0.2) is 45.0 Å². The molecule has 2 N–H and O–H groups in total. The predicted octanol–water partition coefficient (Wildman–Crippen LogP) is 7.27. The Bertz CT molecular complexity index is 2220. The molecule has 0 spiro atoms. The van der Waals surface area contributed by atoms with Crippen molar-refractivity contribution in [1.29, 1.82) is 0 Å². The first-order valence-electron chi connectivity index (χ1n) is 17.1. The first-order valence-corrected chi connectivity index (χ1v) is 17.5. The third-order valence-corrected chi connectivity index (χ3v) is 11.3. The van der Waals surface area contributed by atoms with Crippen LogP contribution in [0.4, 0.5) is 23.2 Å². The number of anilines is 1. The van der Waals surface area contributed by atoms with Crippen LogP contribution in [0.1, 0.15) is 35.4 Å². The first kappa shape index (κ1) is 35.3. The van der Waals surface area contributed by atoms with Crippen LogP contribution in [0, 0.1) is 29.5 Å². The van der Waals surface area contributed by atoms with Crippen molar-refractivity contribution in [2.24, 2.45) is 23.7 Å². The fraction of sp³-hybridized carbons (Fsp3) is 0.250. The van der Waals surface area contributed by atoms with Crippen LogP contribution in [-0.2, 0) is 31.1 Å². The van der Waals surface area contributed by atoms with Crippen LogP contribution in [0.3, 0.4) is 0 Å². The zero-order valence-electron chi connectivity index (χ0n) is 28.1. The highest BCUT2D eigenvalue weighted by Gasteiger charge is 2.70. The number of allylic oxidation sites excluding steroid dienone is 2. The lowest BCUT2D eigenvalue weighted by molar-refractivity contribution is -0.274. The maximum Gasteiger partial charge on any atom is 0.573 e. The smallest absolute Gasteiger partial charge is 0.508 e. The van der Waals surface area contributed by atoms with Crippen molar-refractivity contribution >= 4 is 40.9 Å². The number of rotatable bonds is 7. The highest BCUT2D eigenvalue weighted by Crippen LogP contribution is 2.65. The molecule has 3 fully saturated rings. The Balaban J connectivity index is 1.33. The highest BCUT2D eigenvalue weighted by molar-refractivity contribution is 6.30. The van der Waals surface area contributed by atoms with Gasteiger partial charge >= 0.3 is 6.36 Å². The molecule has 2 heterocycles. The van der Waals surface area contributed by atoms with E-state index in [1.807, 2.05) is 0 Å². The van der Waals surface area contributed by atoms with Gasteiger partial charge in [0.2, 0.25) is 11.8 Å². The van der Waals surface area contributed by atoms with Crippen LogP contribution >= 0.6 is 11.6 Å². The van der Waals surface area contributed by atoms with Crippen LogP contribution < -0.4 is 10.2 Å². The van der Waals surface area contributed by atoms with Gasteiger partial charge in [-0.2, -0.15) is 5.01 Å². The summed E-state index contributed by atoms with van der Waals surface area (Å²) in [5.41, 5.74) is 2.30. The number of phenolic OH excluding ortho intramolecular Hbond substituents is 1. The number of nitrogens with zero attached hydrogens (tertiary/aromatic N) is 2. The van der Waals surface area contributed by atoms with E-state index in [0.29, 0.717) is 10.6 Å². The molecule has 2 saturated heterocycles. The molecule has 8 rings (SSSR count). The van der Waals surface area contributed by atoms with Gasteiger partial charge in [-0.15, -0.1) is 13.2 Å². The normalized spacial score (nSPS) is 26.3. The van der Waals surface area contributed by atoms with E-state index in [0.717, 1.165) is 40.9 Å². The average molecular weight is 760 g/mol. The summed E-state index contributed by atoms with van der Waals surface area (Å²) in [4.78, 5) is 59.4. The minimum atomic E-state index is -5.11. The SMILES string of the molecule is O=C1C2CC=C3C(CC4C(=O)N(Nc5ccc(F)cc5)C(=O)C4(c4ccc(Cl)cc4)C3c3cc(OC(F)(F)F)ccc3O)C2C(=O)N1Cc1ccccc1. The fourth-order valence-corrected chi connectivity index (χ4v) is 9.07. The summed E-state index contributed by atoms with van der Waals surface area (Å²) in [7, 11) is 0. The molecule has 1 saturated carbocycles. The zero-order valence-corrected chi connectivity index (χ0v) is 28.9. The Labute approximate surface area is 310 Å². The summed E-state index contributed by atoms with van der Waals surface area (Å²) in [6, 6.07) is 22.9. The van der Waals surface area contributed by atoms with Crippen LogP contribution in [0.5, 0.6) is 11.5 Å². The van der Waals surface area contributed by atoms with E-state index in [4.69, 9.17) is 11.6 Å². The topological polar surface area (TPSA) is 116 Å². The Morgan fingerprint density at radius 2 is 1.57 bits per heavy atom. The number of nitrogens with one attached hydrogen (secondary N) is 1. The van der Waals surface area contributed by atoms with Gasteiger partial charge in [-0.1, -0.05) is 65.7 Å². The number of carbonyl (C=O) groups is 4. The number of amides is 4. The molecule has 4 aromatic rings. The number of benzene rings is 4. The van der Waals surface area contributed by atoms with E-state index in [9.17, 15) is 37.1 Å². The minimum Gasteiger partial charge on any atom is -0.508 e. The monoisotopic (exact) mass is 759 g/mol. The lowest BCUT2D eigenvalue weighted by atomic mass is 9.49. The van der Waals surface area contributed by atoms with Gasteiger partial charge in [-0.25, -0.2) is 4.39 Å². The summed E-state index contributed by atoms with van der Waals surface area (Å²) in [5, 5.41) is 12.6. The zero-order chi connectivity index (χ0) is 38.1. The van der Waals surface area contributed by atoms with E-state index in [1.54, 1.807) is 48.5 Å². The van der Waals surface area contributed by atoms with Crippen LogP contribution in [0.15, 0.2) is 109 Å². The fourth-order valence-electron chi connectivity index (χ4n) is 8.95. The number of halogens is 5. The van der Waals surface area contributed by atoms with Crippen LogP contribution in [0.25, 0.3) is 0 Å². The summed E-state index contributed by atoms with van der Waals surface area (Å²) in [6.45, 7) is 0.0134. The first-order chi connectivity index (χ1) is 25.8. The Kier molecular flexibility index (Phi) is 8.52. The largest absolute Gasteiger partial charge is 0.573 e. The molecule has 0 aromatic heterocycles. The minimum absolute atomic E-state index is 0.0134. The number of hydrogen-bond acceptors (Lipinski definition) is 7. The molecular formula is C40H30ClF4N3O6. The number of phenols is 1. The summed E-state index contributed by atoms with van der Waals surface area (Å²) < 4.78 is 58.8. The molecule has 4 amide bonds. The van der Waals surface area contributed by atoms with Crippen molar-refractivity contribution in [3.8, 4) is 11.5 Å². The van der Waals surface area contributed by atoms with Gasteiger partial charge in [0.25, 0.3) is 11.8 Å². The van der Waals surface area contributed by atoms with Gasteiger partial charge in [0.15, 0.2) is 0 Å². The quantitative estimate of drug-likeness (QED) is 0.116. The molecule has 4 aromatic carbocycles. The number of hydrazine groups is 1. The Hall–Kier alpha value is -5.69. The average Bonchev–Trinajstić information content (AvgIpc) is 3.50. The maximum atomic E-state index is 15.2. The van der Waals surface area contributed by atoms with Gasteiger partial charge in [-0.05, 0) is 84.5 Å². The lowest BCUT2D eigenvalue weighted by Crippen LogP contribution is -2.53. The summed E-state index contributed by atoms with van der Waals surface area (Å²) >= 11 is 6.29. The predicted molar refractivity (Wildman–Crippen MR) is 186 cm³/mol. The third kappa shape index (κ3) is 5.69. The number of hydrogen-bond donors (Lipinski definition) is 2. The number of aromatic hydroxyl groups is 1. The molecule has 0 bridgehead atoms. The second-order valence-corrected chi connectivity index (χ2v) is 14.3. The van der Waals surface area contributed by atoms with E-state index >= 15 is 4.79 Å². The number of carbonyl (C=O) groups excluding carboxylic acids is 4. The van der Waals surface area contributed by atoms with Crippen molar-refractivity contribution in [3.63, 3.8) is 0 Å². The summed E-state index contributed by atoms with van der Waals surface area (Å²) in [5.74, 6) is -9.38. The number of fused-ring (bicyclic) bond motifs is 4. The highest BCUT2D eigenvalue weighted by atomic mass is 35.5. The van der Waals surface area contributed by atoms with Crippen molar-refractivity contribution in [1.82, 2.24) is 9.91 Å². The Morgan fingerprint density at radius 1 is 0.870 bits per heavy atom. The third-order valence-electron chi connectivity index (χ3n) is 11.1. The standard InChI is InChI=1S/C40H30ClF4N3O6/c41-23-8-6-22(7-9-23)39-31(36(51)48(38(39)53)46-25-12-10-24(42)11-13-25)19-29-27(34(39)30-18-26(14-17-32(30)49)54-40(43,44)45)15-16-28-33(29)37(52)47(35(28)50)20-21-4-2-1-3-5-21/h1-15,17-18,28-29,31,33-34,46,49H,16,19-20H2. The van der Waals surface area contributed by atoms with E-state index < -0.39 is 82.3 Å². The van der Waals surface area contributed by atoms with Crippen LogP contribution in [0.2, 0.25) is 5.02 Å². The van der Waals surface area contributed by atoms with Gasteiger partial charge in [0.05, 0.1) is 35.4 Å². The molecule has 2 aliphatic heterocycles. The van der Waals surface area contributed by atoms with Crippen molar-refractivity contribution in [3.05, 3.63) is 136 Å². The van der Waals surface area contributed by atoms with Crippen molar-refractivity contribution in [2.75, 3.05) is 5.43 Å². The number of imide groups is 2. The molecule has 2 aliphatic carbocycles. The molecule has 276 valence electrons. The van der Waals surface area contributed by atoms with E-state index in [2.05, 4.69) is 10.2 Å². The lowest BCUT2D eigenvalue weighted by Gasteiger charge is -2.50. The molecule has 6 atom stereocenters. The van der Waals surface area contributed by atoms with E-state index in [-0.39, 0.29) is 36.2 Å². The van der Waals surface area contributed by atoms with Crippen molar-refractivity contribution < 1.29 is 46.6 Å². The van der Waals surface area contributed by atoms with Gasteiger partial charge in [0.1, 0.15) is 17.3 Å². The molecule has 0 radical (unpaired) electrons. The molecule has 4 aliphatic rings. The number of ether oxygens (including phenoxy) is 1. The molecular weight excluding hydrogens is 730 g/mol. The molecule has 54 heavy (non-hydrogen) atoms. The van der Waals surface area contributed by atoms with Crippen molar-refractivity contribution in [2.45, 2.75) is 37.1 Å². The molecule has 14 heteroatoms. The molecule has 6 unspecified atom stereocenters. The Morgan fingerprint density at radius 3 is 2.26 bits per heavy atom. The van der Waals surface area contributed by atoms with E-state index in [1.165, 1.54) is 29.2 Å². The molecule has 9 nitrogen and oxygen atoms in total. The second kappa shape index (κ2) is 13.0. The van der Waals surface area contributed by atoms with Gasteiger partial charge < -0.3 is 9.84 Å².